The first-order valence-corrected chi connectivity index (χ1v) is 4.34. The van der Waals surface area contributed by atoms with Crippen molar-refractivity contribution >= 4 is 15.9 Å². The Morgan fingerprint density at radius 2 is 2.12 bits per heavy atom. The lowest BCUT2D eigenvalue weighted by Gasteiger charge is -2.21. The minimum atomic E-state index is 0.825. The van der Waals surface area contributed by atoms with Gasteiger partial charge in [-0.15, -0.1) is 0 Å². The van der Waals surface area contributed by atoms with Crippen molar-refractivity contribution in [2.45, 2.75) is 37.4 Å². The predicted octanol–water partition coefficient (Wildman–Crippen LogP) is 2.96. The van der Waals surface area contributed by atoms with Gasteiger partial charge in [0.05, 0.1) is 0 Å². The molecule has 0 aromatic carbocycles. The maximum atomic E-state index is 3.63. The molecule has 1 saturated carbocycles. The predicted molar refractivity (Wildman–Crippen MR) is 40.3 cm³/mol. The largest absolute Gasteiger partial charge is 0.0891 e. The van der Waals surface area contributed by atoms with Crippen LogP contribution in [0.5, 0.6) is 0 Å². The first-order valence-electron chi connectivity index (χ1n) is 3.43. The van der Waals surface area contributed by atoms with Crippen molar-refractivity contribution in [1.29, 1.82) is 0 Å². The van der Waals surface area contributed by atoms with E-state index in [-0.39, 0.29) is 0 Å². The Hall–Kier alpha value is 0.480. The molecule has 8 heavy (non-hydrogen) atoms. The standard InChI is InChI=1S/C7H13Br/c1-6-3-2-4-7(8)5-6/h6-7H,2-5H2,1H3. The Labute approximate surface area is 59.8 Å². The van der Waals surface area contributed by atoms with E-state index in [0.717, 1.165) is 10.7 Å². The van der Waals surface area contributed by atoms with Crippen molar-refractivity contribution in [2.24, 2.45) is 5.92 Å². The van der Waals surface area contributed by atoms with Crippen molar-refractivity contribution in [3.63, 3.8) is 0 Å². The molecule has 1 fully saturated rings. The second kappa shape index (κ2) is 2.86. The van der Waals surface area contributed by atoms with E-state index in [0.29, 0.717) is 0 Å². The number of rotatable bonds is 0. The third-order valence-electron chi connectivity index (χ3n) is 1.87. The molecule has 1 rings (SSSR count). The molecule has 0 aromatic rings. The normalized spacial score (nSPS) is 39.8. The molecular weight excluding hydrogens is 164 g/mol. The smallest absolute Gasteiger partial charge is 0.0148 e. The topological polar surface area (TPSA) is 0 Å². The molecule has 0 N–H and O–H groups in total. The van der Waals surface area contributed by atoms with Crippen molar-refractivity contribution < 1.29 is 0 Å². The maximum absolute atomic E-state index is 3.63. The van der Waals surface area contributed by atoms with Gasteiger partial charge in [0.15, 0.2) is 0 Å². The van der Waals surface area contributed by atoms with Gasteiger partial charge in [0.1, 0.15) is 0 Å². The summed E-state index contributed by atoms with van der Waals surface area (Å²) in [4.78, 5) is 0.825. The van der Waals surface area contributed by atoms with E-state index < -0.39 is 0 Å². The highest BCUT2D eigenvalue weighted by atomic mass is 79.9. The summed E-state index contributed by atoms with van der Waals surface area (Å²) < 4.78 is 0. The third-order valence-corrected chi connectivity index (χ3v) is 2.70. The Morgan fingerprint density at radius 1 is 1.38 bits per heavy atom. The molecule has 0 saturated heterocycles. The highest BCUT2D eigenvalue weighted by Gasteiger charge is 2.14. The summed E-state index contributed by atoms with van der Waals surface area (Å²) in [5.74, 6) is 0.966. The summed E-state index contributed by atoms with van der Waals surface area (Å²) in [6.07, 6.45) is 5.66. The van der Waals surface area contributed by atoms with Crippen LogP contribution in [-0.4, -0.2) is 4.83 Å². The first kappa shape index (κ1) is 6.60. The fourth-order valence-corrected chi connectivity index (χ4v) is 2.32. The maximum Gasteiger partial charge on any atom is 0.0148 e. The second-order valence-electron chi connectivity index (χ2n) is 2.87. The third kappa shape index (κ3) is 1.77. The molecule has 1 heteroatoms. The van der Waals surface area contributed by atoms with Crippen LogP contribution in [0.1, 0.15) is 32.6 Å². The minimum absolute atomic E-state index is 0.825. The zero-order valence-corrected chi connectivity index (χ0v) is 6.95. The lowest BCUT2D eigenvalue weighted by Crippen LogP contribution is -2.11. The molecule has 0 radical (unpaired) electrons. The molecule has 2 atom stereocenters. The van der Waals surface area contributed by atoms with Crippen LogP contribution in [0.2, 0.25) is 0 Å². The van der Waals surface area contributed by atoms with Crippen LogP contribution in [0.3, 0.4) is 0 Å². The van der Waals surface area contributed by atoms with Gasteiger partial charge in [-0.2, -0.15) is 0 Å². The lowest BCUT2D eigenvalue weighted by atomic mass is 9.91. The summed E-state index contributed by atoms with van der Waals surface area (Å²) in [7, 11) is 0. The number of hydrogen-bond donors (Lipinski definition) is 0. The van der Waals surface area contributed by atoms with E-state index in [1.54, 1.807) is 0 Å². The highest BCUT2D eigenvalue weighted by Crippen LogP contribution is 2.27. The van der Waals surface area contributed by atoms with Gasteiger partial charge in [-0.1, -0.05) is 35.7 Å². The minimum Gasteiger partial charge on any atom is -0.0891 e. The highest BCUT2D eigenvalue weighted by molar-refractivity contribution is 9.09. The summed E-state index contributed by atoms with van der Waals surface area (Å²) >= 11 is 3.63. The van der Waals surface area contributed by atoms with E-state index in [4.69, 9.17) is 0 Å². The molecule has 0 spiro atoms. The molecule has 0 bridgehead atoms. The van der Waals surface area contributed by atoms with Crippen LogP contribution in [-0.2, 0) is 0 Å². The molecule has 48 valence electrons. The van der Waals surface area contributed by atoms with E-state index >= 15 is 0 Å². The van der Waals surface area contributed by atoms with Gasteiger partial charge in [-0.3, -0.25) is 0 Å². The molecule has 0 aliphatic heterocycles. The molecular formula is C7H13Br. The van der Waals surface area contributed by atoms with Crippen LogP contribution >= 0.6 is 15.9 Å². The van der Waals surface area contributed by atoms with Crippen molar-refractivity contribution in [3.8, 4) is 0 Å². The van der Waals surface area contributed by atoms with E-state index in [9.17, 15) is 0 Å². The molecule has 1 aliphatic carbocycles. The van der Waals surface area contributed by atoms with Gasteiger partial charge in [0.25, 0.3) is 0 Å². The Balaban J connectivity index is 2.23. The van der Waals surface area contributed by atoms with Crippen molar-refractivity contribution in [3.05, 3.63) is 0 Å². The van der Waals surface area contributed by atoms with Crippen LogP contribution in [0.15, 0.2) is 0 Å². The fourth-order valence-electron chi connectivity index (χ4n) is 1.36. The Kier molecular flexibility index (Phi) is 2.36. The molecule has 0 nitrogen and oxygen atoms in total. The van der Waals surface area contributed by atoms with Gasteiger partial charge in [-0.25, -0.2) is 0 Å². The second-order valence-corrected chi connectivity index (χ2v) is 4.16. The monoisotopic (exact) mass is 176 g/mol. The Bertz CT molecular complexity index is 62.8. The van der Waals surface area contributed by atoms with Crippen molar-refractivity contribution in [2.75, 3.05) is 0 Å². The SMILES string of the molecule is CC1CCCC(Br)C1. The van der Waals surface area contributed by atoms with Gasteiger partial charge >= 0.3 is 0 Å². The first-order chi connectivity index (χ1) is 3.79. The van der Waals surface area contributed by atoms with Gasteiger partial charge in [0, 0.05) is 4.83 Å². The van der Waals surface area contributed by atoms with E-state index in [1.807, 2.05) is 0 Å². The van der Waals surface area contributed by atoms with Gasteiger partial charge < -0.3 is 0 Å². The summed E-state index contributed by atoms with van der Waals surface area (Å²) in [6, 6.07) is 0. The van der Waals surface area contributed by atoms with Gasteiger partial charge in [-0.05, 0) is 18.8 Å². The zero-order valence-electron chi connectivity index (χ0n) is 5.36. The average Bonchev–Trinajstić information content (AvgIpc) is 1.64. The van der Waals surface area contributed by atoms with Crippen LogP contribution in [0.4, 0.5) is 0 Å². The number of halogens is 1. The molecule has 0 heterocycles. The molecule has 0 aromatic heterocycles. The lowest BCUT2D eigenvalue weighted by molar-refractivity contribution is 0.398. The molecule has 1 aliphatic rings. The summed E-state index contributed by atoms with van der Waals surface area (Å²) in [6.45, 7) is 2.34. The Morgan fingerprint density at radius 3 is 2.50 bits per heavy atom. The number of alkyl halides is 1. The van der Waals surface area contributed by atoms with E-state index in [2.05, 4.69) is 22.9 Å². The zero-order chi connectivity index (χ0) is 5.98. The molecule has 0 amide bonds. The quantitative estimate of drug-likeness (QED) is 0.499. The van der Waals surface area contributed by atoms with Crippen LogP contribution in [0.25, 0.3) is 0 Å². The van der Waals surface area contributed by atoms with E-state index in [1.165, 1.54) is 25.7 Å². The van der Waals surface area contributed by atoms with Crippen molar-refractivity contribution in [1.82, 2.24) is 0 Å². The van der Waals surface area contributed by atoms with Crippen LogP contribution in [0, 0.1) is 5.92 Å². The molecule has 2 unspecified atom stereocenters. The average molecular weight is 177 g/mol. The fraction of sp³-hybridized carbons (Fsp3) is 1.00. The number of hydrogen-bond acceptors (Lipinski definition) is 0. The summed E-state index contributed by atoms with van der Waals surface area (Å²) in [5.41, 5.74) is 0. The summed E-state index contributed by atoms with van der Waals surface area (Å²) in [5, 5.41) is 0. The van der Waals surface area contributed by atoms with Crippen LogP contribution < -0.4 is 0 Å². The van der Waals surface area contributed by atoms with Gasteiger partial charge in [0.2, 0.25) is 0 Å².